The Morgan fingerprint density at radius 2 is 1.44 bits per heavy atom. The number of nitrogens with two attached hydrogens (primary N) is 1. The van der Waals surface area contributed by atoms with Crippen molar-refractivity contribution in [2.75, 3.05) is 6.54 Å². The third kappa shape index (κ3) is 1.65. The van der Waals surface area contributed by atoms with Gasteiger partial charge in [-0.3, -0.25) is 0 Å². The fourth-order valence-electron chi connectivity index (χ4n) is 2.95. The lowest BCUT2D eigenvalue weighted by atomic mass is 9.90. The van der Waals surface area contributed by atoms with Crippen LogP contribution in [0, 0.1) is 0 Å². The van der Waals surface area contributed by atoms with Crippen LogP contribution in [0.1, 0.15) is 23.5 Å². The molecule has 0 heterocycles. The van der Waals surface area contributed by atoms with Gasteiger partial charge in [0.2, 0.25) is 0 Å². The Morgan fingerprint density at radius 1 is 0.944 bits per heavy atom. The lowest BCUT2D eigenvalue weighted by molar-refractivity contribution is 0.150. The number of hydrogen-bond acceptors (Lipinski definition) is 2. The SMILES string of the molecule is NCC[C@@H](O)C1c2ccccc2-c2ccccc21. The maximum absolute atomic E-state index is 10.4. The Morgan fingerprint density at radius 3 is 1.94 bits per heavy atom. The Kier molecular flexibility index (Phi) is 2.90. The summed E-state index contributed by atoms with van der Waals surface area (Å²) in [5, 5.41) is 10.4. The van der Waals surface area contributed by atoms with Crippen molar-refractivity contribution < 1.29 is 5.11 Å². The first-order valence-corrected chi connectivity index (χ1v) is 6.39. The van der Waals surface area contributed by atoms with Crippen molar-refractivity contribution in [3.8, 4) is 11.1 Å². The molecule has 0 amide bonds. The molecule has 2 aromatic carbocycles. The minimum Gasteiger partial charge on any atom is -0.392 e. The number of fused-ring (bicyclic) bond motifs is 3. The molecule has 1 aliphatic rings. The smallest absolute Gasteiger partial charge is 0.0661 e. The van der Waals surface area contributed by atoms with Gasteiger partial charge >= 0.3 is 0 Å². The van der Waals surface area contributed by atoms with Crippen LogP contribution in [0.15, 0.2) is 48.5 Å². The van der Waals surface area contributed by atoms with Gasteiger partial charge in [-0.25, -0.2) is 0 Å². The summed E-state index contributed by atoms with van der Waals surface area (Å²) in [6.45, 7) is 0.516. The van der Waals surface area contributed by atoms with Gasteiger partial charge in [-0.15, -0.1) is 0 Å². The molecule has 0 bridgehead atoms. The topological polar surface area (TPSA) is 46.2 Å². The number of aliphatic hydroxyl groups is 1. The van der Waals surface area contributed by atoms with E-state index >= 15 is 0 Å². The third-order valence-electron chi connectivity index (χ3n) is 3.73. The van der Waals surface area contributed by atoms with Crippen LogP contribution < -0.4 is 5.73 Å². The zero-order valence-electron chi connectivity index (χ0n) is 10.2. The van der Waals surface area contributed by atoms with Crippen LogP contribution >= 0.6 is 0 Å². The van der Waals surface area contributed by atoms with E-state index in [-0.39, 0.29) is 5.92 Å². The van der Waals surface area contributed by atoms with Gasteiger partial charge in [-0.05, 0) is 35.2 Å². The highest BCUT2D eigenvalue weighted by Gasteiger charge is 2.32. The van der Waals surface area contributed by atoms with Crippen LogP contribution in [0.4, 0.5) is 0 Å². The molecule has 0 aromatic heterocycles. The third-order valence-corrected chi connectivity index (χ3v) is 3.73. The highest BCUT2D eigenvalue weighted by atomic mass is 16.3. The van der Waals surface area contributed by atoms with Crippen LogP contribution in [0.5, 0.6) is 0 Å². The Labute approximate surface area is 107 Å². The standard InChI is InChI=1S/C16H17NO/c17-10-9-15(18)16-13-7-3-1-5-11(13)12-6-2-4-8-14(12)16/h1-8,15-16,18H,9-10,17H2/t15-/m1/s1. The molecule has 0 saturated carbocycles. The molecular weight excluding hydrogens is 222 g/mol. The normalized spacial score (nSPS) is 15.2. The molecule has 0 radical (unpaired) electrons. The number of rotatable bonds is 3. The fraction of sp³-hybridized carbons (Fsp3) is 0.250. The van der Waals surface area contributed by atoms with Crippen molar-refractivity contribution in [3.63, 3.8) is 0 Å². The molecular formula is C16H17NO. The zero-order chi connectivity index (χ0) is 12.5. The van der Waals surface area contributed by atoms with Gasteiger partial charge in [-0.2, -0.15) is 0 Å². The molecule has 2 aromatic rings. The van der Waals surface area contributed by atoms with Crippen molar-refractivity contribution >= 4 is 0 Å². The first-order valence-electron chi connectivity index (χ1n) is 6.39. The van der Waals surface area contributed by atoms with E-state index in [2.05, 4.69) is 24.3 Å². The minimum absolute atomic E-state index is 0.0703. The molecule has 0 saturated heterocycles. The van der Waals surface area contributed by atoms with E-state index in [1.165, 1.54) is 22.3 Å². The summed E-state index contributed by atoms with van der Waals surface area (Å²) in [6, 6.07) is 16.6. The van der Waals surface area contributed by atoms with Gasteiger partial charge in [0.1, 0.15) is 0 Å². The molecule has 3 N–H and O–H groups in total. The monoisotopic (exact) mass is 239 g/mol. The number of aliphatic hydroxyl groups excluding tert-OH is 1. The van der Waals surface area contributed by atoms with Crippen molar-refractivity contribution in [2.24, 2.45) is 5.73 Å². The van der Waals surface area contributed by atoms with Crippen molar-refractivity contribution in [1.29, 1.82) is 0 Å². The van der Waals surface area contributed by atoms with Gasteiger partial charge in [0.05, 0.1) is 6.10 Å². The molecule has 18 heavy (non-hydrogen) atoms. The summed E-state index contributed by atoms with van der Waals surface area (Å²) in [5.41, 5.74) is 10.5. The summed E-state index contributed by atoms with van der Waals surface area (Å²) in [7, 11) is 0. The predicted molar refractivity (Wildman–Crippen MR) is 73.4 cm³/mol. The van der Waals surface area contributed by atoms with E-state index < -0.39 is 6.10 Å². The van der Waals surface area contributed by atoms with Crippen LogP contribution in [0.25, 0.3) is 11.1 Å². The van der Waals surface area contributed by atoms with E-state index in [1.54, 1.807) is 0 Å². The second-order valence-corrected chi connectivity index (χ2v) is 4.80. The summed E-state index contributed by atoms with van der Waals surface area (Å²) >= 11 is 0. The summed E-state index contributed by atoms with van der Waals surface area (Å²) in [6.07, 6.45) is 0.229. The minimum atomic E-state index is -0.403. The number of hydrogen-bond donors (Lipinski definition) is 2. The first-order chi connectivity index (χ1) is 8.83. The van der Waals surface area contributed by atoms with Gasteiger partial charge in [-0.1, -0.05) is 48.5 Å². The lowest BCUT2D eigenvalue weighted by Gasteiger charge is -2.20. The summed E-state index contributed by atoms with van der Waals surface area (Å²) in [4.78, 5) is 0. The molecule has 92 valence electrons. The van der Waals surface area contributed by atoms with Crippen molar-refractivity contribution in [1.82, 2.24) is 0 Å². The maximum atomic E-state index is 10.4. The van der Waals surface area contributed by atoms with Crippen molar-refractivity contribution in [2.45, 2.75) is 18.4 Å². The second-order valence-electron chi connectivity index (χ2n) is 4.80. The van der Waals surface area contributed by atoms with Gasteiger partial charge in [0.25, 0.3) is 0 Å². The van der Waals surface area contributed by atoms with Gasteiger partial charge < -0.3 is 10.8 Å². The molecule has 0 aliphatic heterocycles. The van der Waals surface area contributed by atoms with E-state index in [1.807, 2.05) is 24.3 Å². The van der Waals surface area contributed by atoms with E-state index in [4.69, 9.17) is 5.73 Å². The Balaban J connectivity index is 2.14. The maximum Gasteiger partial charge on any atom is 0.0661 e. The van der Waals surface area contributed by atoms with Crippen LogP contribution in [-0.2, 0) is 0 Å². The molecule has 1 aliphatic carbocycles. The second kappa shape index (κ2) is 4.56. The molecule has 0 spiro atoms. The highest BCUT2D eigenvalue weighted by Crippen LogP contribution is 2.46. The number of benzene rings is 2. The first kappa shape index (κ1) is 11.5. The average molecular weight is 239 g/mol. The zero-order valence-corrected chi connectivity index (χ0v) is 10.2. The largest absolute Gasteiger partial charge is 0.392 e. The van der Waals surface area contributed by atoms with E-state index in [0.29, 0.717) is 13.0 Å². The Bertz CT molecular complexity index is 519. The van der Waals surface area contributed by atoms with E-state index in [0.717, 1.165) is 0 Å². The van der Waals surface area contributed by atoms with Gasteiger partial charge in [0.15, 0.2) is 0 Å². The Hall–Kier alpha value is -1.64. The van der Waals surface area contributed by atoms with E-state index in [9.17, 15) is 5.11 Å². The molecule has 3 rings (SSSR count). The van der Waals surface area contributed by atoms with Crippen LogP contribution in [0.2, 0.25) is 0 Å². The van der Waals surface area contributed by atoms with Gasteiger partial charge in [0, 0.05) is 5.92 Å². The predicted octanol–water partition coefficient (Wildman–Crippen LogP) is 2.51. The fourth-order valence-corrected chi connectivity index (χ4v) is 2.95. The van der Waals surface area contributed by atoms with Crippen molar-refractivity contribution in [3.05, 3.63) is 59.7 Å². The highest BCUT2D eigenvalue weighted by molar-refractivity contribution is 5.79. The molecule has 2 heteroatoms. The molecule has 0 fully saturated rings. The summed E-state index contributed by atoms with van der Waals surface area (Å²) < 4.78 is 0. The summed E-state index contributed by atoms with van der Waals surface area (Å²) in [5.74, 6) is 0.0703. The van der Waals surface area contributed by atoms with Crippen LogP contribution in [0.3, 0.4) is 0 Å². The molecule has 2 nitrogen and oxygen atoms in total. The molecule has 0 unspecified atom stereocenters. The quantitative estimate of drug-likeness (QED) is 0.864. The van der Waals surface area contributed by atoms with Crippen LogP contribution in [-0.4, -0.2) is 17.8 Å². The lowest BCUT2D eigenvalue weighted by Crippen LogP contribution is -2.21. The molecule has 1 atom stereocenters. The average Bonchev–Trinajstić information content (AvgIpc) is 2.73.